The molecule has 1 unspecified atom stereocenters. The molecule has 2 heterocycles. The van der Waals surface area contributed by atoms with Crippen molar-refractivity contribution in [2.24, 2.45) is 5.92 Å². The Balaban J connectivity index is 1.84. The average molecular weight is 436 g/mol. The normalized spacial score (nSPS) is 13.0. The summed E-state index contributed by atoms with van der Waals surface area (Å²) >= 11 is 0. The Morgan fingerprint density at radius 3 is 2.50 bits per heavy atom. The Morgan fingerprint density at radius 2 is 1.87 bits per heavy atom. The van der Waals surface area contributed by atoms with Gasteiger partial charge in [0.2, 0.25) is 16.0 Å². The minimum atomic E-state index is -3.68. The molecule has 3 aromatic rings. The van der Waals surface area contributed by atoms with E-state index in [1.165, 1.54) is 12.1 Å². The molecule has 0 spiro atoms. The number of rotatable bonds is 10. The molecule has 2 aromatic heterocycles. The van der Waals surface area contributed by atoms with Crippen molar-refractivity contribution in [1.29, 1.82) is 0 Å². The quantitative estimate of drug-likeness (QED) is 0.270. The summed E-state index contributed by atoms with van der Waals surface area (Å²) in [6.07, 6.45) is 1.61. The molecule has 6 N–H and O–H groups in total. The van der Waals surface area contributed by atoms with Crippen molar-refractivity contribution < 1.29 is 18.6 Å². The summed E-state index contributed by atoms with van der Waals surface area (Å²) in [5.74, 6) is 0.984. The summed E-state index contributed by atoms with van der Waals surface area (Å²) in [4.78, 5) is 8.95. The molecule has 0 fully saturated rings. The van der Waals surface area contributed by atoms with E-state index in [9.17, 15) is 13.5 Å². The Hall–Kier alpha value is -2.80. The van der Waals surface area contributed by atoms with E-state index in [1.807, 2.05) is 13.8 Å². The Labute approximate surface area is 174 Å². The average Bonchev–Trinajstić information content (AvgIpc) is 3.19. The van der Waals surface area contributed by atoms with Gasteiger partial charge in [-0.05, 0) is 30.2 Å². The van der Waals surface area contributed by atoms with Crippen LogP contribution in [0.25, 0.3) is 11.0 Å². The van der Waals surface area contributed by atoms with Gasteiger partial charge in [-0.25, -0.2) is 13.1 Å². The summed E-state index contributed by atoms with van der Waals surface area (Å²) in [6, 6.07) is 5.87. The number of hydrogen-bond donors (Lipinski definition) is 6. The van der Waals surface area contributed by atoms with Crippen LogP contribution in [0.3, 0.4) is 0 Å². The number of aromatic amines is 1. The van der Waals surface area contributed by atoms with E-state index in [-0.39, 0.29) is 42.6 Å². The molecule has 162 valence electrons. The van der Waals surface area contributed by atoms with E-state index in [1.54, 1.807) is 18.3 Å². The summed E-state index contributed by atoms with van der Waals surface area (Å²) < 4.78 is 26.5. The number of hydrogen-bond acceptors (Lipinski definition) is 9. The predicted octanol–water partition coefficient (Wildman–Crippen LogP) is 0.796. The number of nitrogens with one attached hydrogen (secondary N) is 4. The van der Waals surface area contributed by atoms with Crippen molar-refractivity contribution in [2.75, 3.05) is 30.4 Å². The van der Waals surface area contributed by atoms with Crippen molar-refractivity contribution >= 4 is 38.5 Å². The number of fused-ring (bicyclic) bond motifs is 1. The number of H-pyrrole nitrogens is 1. The second-order valence-corrected chi connectivity index (χ2v) is 8.74. The van der Waals surface area contributed by atoms with Gasteiger partial charge < -0.3 is 20.8 Å². The Kier molecular flexibility index (Phi) is 6.82. The summed E-state index contributed by atoms with van der Waals surface area (Å²) in [7, 11) is -3.68. The van der Waals surface area contributed by atoms with Crippen molar-refractivity contribution in [2.45, 2.75) is 24.8 Å². The van der Waals surface area contributed by atoms with Crippen LogP contribution in [-0.4, -0.2) is 64.6 Å². The zero-order valence-corrected chi connectivity index (χ0v) is 17.4. The topological polar surface area (TPSA) is 165 Å². The monoisotopic (exact) mass is 435 g/mol. The van der Waals surface area contributed by atoms with Crippen LogP contribution in [0, 0.1) is 5.92 Å². The summed E-state index contributed by atoms with van der Waals surface area (Å²) in [5, 5.41) is 32.2. The first-order valence-electron chi connectivity index (χ1n) is 9.40. The van der Waals surface area contributed by atoms with Gasteiger partial charge in [0.1, 0.15) is 5.82 Å². The fourth-order valence-electron chi connectivity index (χ4n) is 2.71. The Bertz CT molecular complexity index is 1080. The molecule has 11 nitrogen and oxygen atoms in total. The van der Waals surface area contributed by atoms with Gasteiger partial charge in [0.25, 0.3) is 0 Å². The van der Waals surface area contributed by atoms with Crippen LogP contribution in [0.5, 0.6) is 0 Å². The summed E-state index contributed by atoms with van der Waals surface area (Å²) in [5.41, 5.74) is 1.10. The standard InChI is InChI=1S/C18H25N7O4S/c1-11(2)15(10-27)22-16-14-9-19-25-17(14)24-18(23-16)21-12-3-5-13(6-4-12)30(28,29)20-7-8-26/h3-6,9,11,15,20,26-27H,7-8,10H2,1-2H3,(H3,19,21,22,23,24,25). The second kappa shape index (κ2) is 9.34. The minimum Gasteiger partial charge on any atom is -0.395 e. The van der Waals surface area contributed by atoms with E-state index in [4.69, 9.17) is 5.11 Å². The van der Waals surface area contributed by atoms with E-state index in [0.717, 1.165) is 0 Å². The van der Waals surface area contributed by atoms with Crippen molar-refractivity contribution in [1.82, 2.24) is 24.9 Å². The highest BCUT2D eigenvalue weighted by Gasteiger charge is 2.17. The summed E-state index contributed by atoms with van der Waals surface area (Å²) in [6.45, 7) is 3.60. The number of aliphatic hydroxyl groups excluding tert-OH is 2. The SMILES string of the molecule is CC(C)C(CO)Nc1nc(Nc2ccc(S(=O)(=O)NCCO)cc2)nc2[nH]ncc12. The third-order valence-electron chi connectivity index (χ3n) is 4.46. The maximum absolute atomic E-state index is 12.1. The van der Waals surface area contributed by atoms with Crippen LogP contribution in [0.4, 0.5) is 17.5 Å². The third-order valence-corrected chi connectivity index (χ3v) is 5.93. The highest BCUT2D eigenvalue weighted by Crippen LogP contribution is 2.24. The van der Waals surface area contributed by atoms with E-state index >= 15 is 0 Å². The molecule has 12 heteroatoms. The number of aliphatic hydroxyl groups is 2. The molecule has 3 rings (SSSR count). The van der Waals surface area contributed by atoms with E-state index in [2.05, 4.69) is 35.5 Å². The molecule has 0 amide bonds. The fraction of sp³-hybridized carbons (Fsp3) is 0.389. The fourth-order valence-corrected chi connectivity index (χ4v) is 3.73. The van der Waals surface area contributed by atoms with Gasteiger partial charge in [0.05, 0.1) is 35.7 Å². The van der Waals surface area contributed by atoms with Gasteiger partial charge >= 0.3 is 0 Å². The van der Waals surface area contributed by atoms with Gasteiger partial charge in [-0.2, -0.15) is 15.1 Å². The van der Waals surface area contributed by atoms with E-state index in [0.29, 0.717) is 22.5 Å². The molecule has 0 saturated heterocycles. The highest BCUT2D eigenvalue weighted by molar-refractivity contribution is 7.89. The Morgan fingerprint density at radius 1 is 1.13 bits per heavy atom. The lowest BCUT2D eigenvalue weighted by molar-refractivity contribution is 0.249. The molecule has 0 saturated carbocycles. The lowest BCUT2D eigenvalue weighted by Crippen LogP contribution is -2.30. The molecule has 0 aliphatic carbocycles. The van der Waals surface area contributed by atoms with Crippen LogP contribution < -0.4 is 15.4 Å². The van der Waals surface area contributed by atoms with Gasteiger partial charge in [-0.1, -0.05) is 13.8 Å². The minimum absolute atomic E-state index is 0.0516. The van der Waals surface area contributed by atoms with Crippen molar-refractivity contribution in [3.8, 4) is 0 Å². The smallest absolute Gasteiger partial charge is 0.240 e. The zero-order chi connectivity index (χ0) is 21.7. The highest BCUT2D eigenvalue weighted by atomic mass is 32.2. The van der Waals surface area contributed by atoms with Crippen LogP contribution in [0.2, 0.25) is 0 Å². The molecular weight excluding hydrogens is 410 g/mol. The van der Waals surface area contributed by atoms with Gasteiger partial charge in [0, 0.05) is 12.2 Å². The molecule has 1 aromatic carbocycles. The molecule has 0 radical (unpaired) electrons. The molecular formula is C18H25N7O4S. The molecule has 0 aliphatic rings. The van der Waals surface area contributed by atoms with Gasteiger partial charge in [0.15, 0.2) is 5.65 Å². The zero-order valence-electron chi connectivity index (χ0n) is 16.6. The largest absolute Gasteiger partial charge is 0.395 e. The second-order valence-electron chi connectivity index (χ2n) is 6.98. The van der Waals surface area contributed by atoms with Crippen LogP contribution in [0.1, 0.15) is 13.8 Å². The molecule has 1 atom stereocenters. The van der Waals surface area contributed by atoms with Crippen LogP contribution in [-0.2, 0) is 10.0 Å². The number of sulfonamides is 1. The lowest BCUT2D eigenvalue weighted by Gasteiger charge is -2.21. The molecule has 30 heavy (non-hydrogen) atoms. The maximum Gasteiger partial charge on any atom is 0.240 e. The number of nitrogens with zero attached hydrogens (tertiary/aromatic N) is 3. The van der Waals surface area contributed by atoms with Crippen molar-refractivity contribution in [3.05, 3.63) is 30.5 Å². The van der Waals surface area contributed by atoms with Crippen LogP contribution in [0.15, 0.2) is 35.4 Å². The first-order valence-corrected chi connectivity index (χ1v) is 10.9. The first kappa shape index (κ1) is 21.9. The number of aromatic nitrogens is 4. The van der Waals surface area contributed by atoms with Gasteiger partial charge in [-0.3, -0.25) is 5.10 Å². The van der Waals surface area contributed by atoms with Crippen molar-refractivity contribution in [3.63, 3.8) is 0 Å². The van der Waals surface area contributed by atoms with E-state index < -0.39 is 10.0 Å². The van der Waals surface area contributed by atoms with Crippen LogP contribution >= 0.6 is 0 Å². The lowest BCUT2D eigenvalue weighted by atomic mass is 10.1. The predicted molar refractivity (Wildman–Crippen MR) is 113 cm³/mol. The molecule has 0 bridgehead atoms. The maximum atomic E-state index is 12.1. The number of anilines is 3. The first-order chi connectivity index (χ1) is 14.3. The third kappa shape index (κ3) is 5.02. The van der Waals surface area contributed by atoms with Gasteiger partial charge in [-0.15, -0.1) is 0 Å². The number of benzene rings is 1. The molecule has 0 aliphatic heterocycles.